The van der Waals surface area contributed by atoms with Crippen LogP contribution >= 0.6 is 0 Å². The number of rotatable bonds is 6. The minimum absolute atomic E-state index is 0.421. The van der Waals surface area contributed by atoms with Gasteiger partial charge >= 0.3 is 5.97 Å². The van der Waals surface area contributed by atoms with E-state index in [1.54, 1.807) is 26.6 Å². The van der Waals surface area contributed by atoms with Crippen LogP contribution in [0.2, 0.25) is 0 Å². The van der Waals surface area contributed by atoms with Crippen LogP contribution in [-0.4, -0.2) is 53.4 Å². The van der Waals surface area contributed by atoms with Gasteiger partial charge in [0, 0.05) is 80.8 Å². The Morgan fingerprint density at radius 3 is 1.81 bits per heavy atom. The summed E-state index contributed by atoms with van der Waals surface area (Å²) in [6.07, 6.45) is 3.21. The zero-order valence-electron chi connectivity index (χ0n) is 19.2. The number of esters is 1. The third-order valence-corrected chi connectivity index (χ3v) is 5.83. The number of hydrogen-bond acceptors (Lipinski definition) is 7. The molecule has 1 aliphatic rings. The first-order valence-corrected chi connectivity index (χ1v) is 10.2. The minimum Gasteiger partial charge on any atom is -0.496 e. The highest BCUT2D eigenvalue weighted by atomic mass is 16.6. The summed E-state index contributed by atoms with van der Waals surface area (Å²) in [4.78, 5) is 21.1. The molecule has 1 aliphatic heterocycles. The molecule has 0 atom stereocenters. The summed E-state index contributed by atoms with van der Waals surface area (Å²) < 4.78 is 17.8. The summed E-state index contributed by atoms with van der Waals surface area (Å²) in [6.45, 7) is 0. The molecule has 0 fully saturated rings. The second-order valence-electron chi connectivity index (χ2n) is 8.05. The lowest BCUT2D eigenvalue weighted by atomic mass is 9.79. The number of methoxy groups -OCH3 is 2. The van der Waals surface area contributed by atoms with Crippen molar-refractivity contribution in [2.45, 2.75) is 5.60 Å². The van der Waals surface area contributed by atoms with Crippen molar-refractivity contribution < 1.29 is 19.0 Å². The topological polar surface area (TPSA) is 64.1 Å². The van der Waals surface area contributed by atoms with Gasteiger partial charge in [0.05, 0.1) is 19.8 Å². The van der Waals surface area contributed by atoms with Gasteiger partial charge in [0.25, 0.3) is 0 Å². The van der Waals surface area contributed by atoms with E-state index >= 15 is 0 Å². The van der Waals surface area contributed by atoms with E-state index < -0.39 is 11.6 Å². The zero-order chi connectivity index (χ0) is 23.0. The van der Waals surface area contributed by atoms with Gasteiger partial charge in [0.15, 0.2) is 5.60 Å². The van der Waals surface area contributed by atoms with Crippen molar-refractivity contribution in [2.24, 2.45) is 0 Å². The average Bonchev–Trinajstić information content (AvgIpc) is 3.11. The van der Waals surface area contributed by atoms with Crippen LogP contribution in [0.4, 0.5) is 11.4 Å². The standard InChI is InChI=1S/C25H27N3O4/c1-27(2)16-7-9-20(22(13-16)30-5)25(19-11-12-26-15-18(19)24(29)32-25)21-10-8-17(28(3)4)14-23(21)31-6/h7-15H,1-6H3. The molecule has 1 aromatic heterocycles. The van der Waals surface area contributed by atoms with Gasteiger partial charge in [-0.1, -0.05) is 0 Å². The monoisotopic (exact) mass is 433 g/mol. The number of fused-ring (bicyclic) bond motifs is 1. The van der Waals surface area contributed by atoms with Crippen LogP contribution in [0.15, 0.2) is 54.9 Å². The average molecular weight is 434 g/mol. The van der Waals surface area contributed by atoms with Gasteiger partial charge in [0.1, 0.15) is 11.5 Å². The van der Waals surface area contributed by atoms with Crippen LogP contribution in [0.25, 0.3) is 0 Å². The minimum atomic E-state index is -1.25. The highest BCUT2D eigenvalue weighted by Gasteiger charge is 2.51. The fraction of sp³-hybridized carbons (Fsp3) is 0.280. The Hall–Kier alpha value is -3.74. The fourth-order valence-electron chi connectivity index (χ4n) is 4.16. The Morgan fingerprint density at radius 2 is 1.34 bits per heavy atom. The number of hydrogen-bond donors (Lipinski definition) is 0. The molecule has 0 unspecified atom stereocenters. The highest BCUT2D eigenvalue weighted by Crippen LogP contribution is 2.52. The van der Waals surface area contributed by atoms with E-state index in [1.807, 2.05) is 80.5 Å². The smallest absolute Gasteiger partial charge is 0.341 e. The van der Waals surface area contributed by atoms with Crippen molar-refractivity contribution >= 4 is 17.3 Å². The fourth-order valence-corrected chi connectivity index (χ4v) is 4.16. The van der Waals surface area contributed by atoms with E-state index in [1.165, 1.54) is 0 Å². The number of benzene rings is 2. The maximum absolute atomic E-state index is 13.0. The Balaban J connectivity index is 2.08. The van der Waals surface area contributed by atoms with Crippen molar-refractivity contribution in [3.05, 3.63) is 77.1 Å². The van der Waals surface area contributed by atoms with Gasteiger partial charge in [-0.15, -0.1) is 0 Å². The van der Waals surface area contributed by atoms with Crippen LogP contribution in [0, 0.1) is 0 Å². The normalized spacial score (nSPS) is 13.9. The van der Waals surface area contributed by atoms with Crippen LogP contribution in [-0.2, 0) is 10.3 Å². The van der Waals surface area contributed by atoms with E-state index in [0.717, 1.165) is 11.4 Å². The maximum Gasteiger partial charge on any atom is 0.341 e. The number of carbonyl (C=O) groups is 1. The van der Waals surface area contributed by atoms with E-state index in [-0.39, 0.29) is 0 Å². The third-order valence-electron chi connectivity index (χ3n) is 5.83. The van der Waals surface area contributed by atoms with Gasteiger partial charge in [-0.25, -0.2) is 4.79 Å². The van der Waals surface area contributed by atoms with Crippen LogP contribution in [0.1, 0.15) is 27.0 Å². The van der Waals surface area contributed by atoms with Crippen LogP contribution in [0.3, 0.4) is 0 Å². The van der Waals surface area contributed by atoms with Crippen LogP contribution in [0.5, 0.6) is 11.5 Å². The third kappa shape index (κ3) is 3.21. The van der Waals surface area contributed by atoms with Gasteiger partial charge in [-0.2, -0.15) is 0 Å². The van der Waals surface area contributed by atoms with Crippen molar-refractivity contribution in [1.29, 1.82) is 0 Å². The number of carbonyl (C=O) groups excluding carboxylic acids is 1. The van der Waals surface area contributed by atoms with Gasteiger partial charge in [-0.3, -0.25) is 4.98 Å². The van der Waals surface area contributed by atoms with Gasteiger partial charge < -0.3 is 24.0 Å². The molecule has 0 spiro atoms. The first-order valence-electron chi connectivity index (χ1n) is 10.2. The molecule has 4 rings (SSSR count). The van der Waals surface area contributed by atoms with Crippen molar-refractivity contribution in [3.63, 3.8) is 0 Å². The molecule has 7 nitrogen and oxygen atoms in total. The Kier molecular flexibility index (Phi) is 5.42. The molecule has 0 N–H and O–H groups in total. The van der Waals surface area contributed by atoms with Crippen molar-refractivity contribution in [2.75, 3.05) is 52.2 Å². The second-order valence-corrected chi connectivity index (χ2v) is 8.05. The molecule has 3 aromatic rings. The molecule has 2 aromatic carbocycles. The van der Waals surface area contributed by atoms with Crippen molar-refractivity contribution in [1.82, 2.24) is 4.98 Å². The largest absolute Gasteiger partial charge is 0.496 e. The Bertz CT molecular complexity index is 1110. The van der Waals surface area contributed by atoms with E-state index in [4.69, 9.17) is 14.2 Å². The first-order chi connectivity index (χ1) is 15.3. The number of aromatic nitrogens is 1. The quantitative estimate of drug-likeness (QED) is 0.549. The number of nitrogens with zero attached hydrogens (tertiary/aromatic N) is 3. The number of pyridine rings is 1. The molecule has 0 aliphatic carbocycles. The summed E-state index contributed by atoms with van der Waals surface area (Å²) in [5, 5.41) is 0. The predicted molar refractivity (Wildman–Crippen MR) is 124 cm³/mol. The van der Waals surface area contributed by atoms with E-state index in [2.05, 4.69) is 4.98 Å². The maximum atomic E-state index is 13.0. The molecule has 0 bridgehead atoms. The lowest BCUT2D eigenvalue weighted by Gasteiger charge is -2.33. The van der Waals surface area contributed by atoms with Gasteiger partial charge in [0.2, 0.25) is 0 Å². The predicted octanol–water partition coefficient (Wildman–Crippen LogP) is 3.69. The van der Waals surface area contributed by atoms with Gasteiger partial charge in [-0.05, 0) is 30.3 Å². The summed E-state index contributed by atoms with van der Waals surface area (Å²) in [5.74, 6) is 0.769. The molecular weight excluding hydrogens is 406 g/mol. The summed E-state index contributed by atoms with van der Waals surface area (Å²) >= 11 is 0. The lowest BCUT2D eigenvalue weighted by molar-refractivity contribution is 0.0239. The van der Waals surface area contributed by atoms with E-state index in [9.17, 15) is 4.79 Å². The molecule has 2 heterocycles. The summed E-state index contributed by atoms with van der Waals surface area (Å²) in [7, 11) is 11.1. The molecule has 7 heteroatoms. The summed E-state index contributed by atoms with van der Waals surface area (Å²) in [5.41, 5.74) is 3.22. The molecule has 166 valence electrons. The number of anilines is 2. The molecular formula is C25H27N3O4. The molecule has 0 radical (unpaired) electrons. The second kappa shape index (κ2) is 8.07. The number of ether oxygens (including phenoxy) is 3. The SMILES string of the molecule is COc1cc(N(C)C)ccc1C1(c2ccc(N(C)C)cc2OC)OC(=O)c2cnccc21. The molecule has 32 heavy (non-hydrogen) atoms. The Labute approximate surface area is 188 Å². The van der Waals surface area contributed by atoms with E-state index in [0.29, 0.717) is 33.8 Å². The van der Waals surface area contributed by atoms with Crippen LogP contribution < -0.4 is 19.3 Å². The Morgan fingerprint density at radius 1 is 0.812 bits per heavy atom. The zero-order valence-corrected chi connectivity index (χ0v) is 19.2. The summed E-state index contributed by atoms with van der Waals surface area (Å²) in [6, 6.07) is 13.5. The lowest BCUT2D eigenvalue weighted by Crippen LogP contribution is -2.31. The molecule has 0 saturated heterocycles. The molecule has 0 amide bonds. The van der Waals surface area contributed by atoms with Crippen molar-refractivity contribution in [3.8, 4) is 11.5 Å². The highest BCUT2D eigenvalue weighted by molar-refractivity contribution is 5.96. The first kappa shape index (κ1) is 21.5. The molecule has 0 saturated carbocycles. The number of cyclic esters (lactones) is 1.